The first kappa shape index (κ1) is 25.6. The van der Waals surface area contributed by atoms with Crippen LogP contribution in [0.15, 0.2) is 54.9 Å². The third-order valence-electron chi connectivity index (χ3n) is 8.82. The molecule has 1 saturated heterocycles. The van der Waals surface area contributed by atoms with Gasteiger partial charge in [0.25, 0.3) is 0 Å². The van der Waals surface area contributed by atoms with Crippen molar-refractivity contribution in [3.05, 3.63) is 66.2 Å². The SMILES string of the molecule is CC(=O)N1CCN(C2CCC(n3nc(-c4ccc5nc(Cc6ccccc6)[nH]c5c4)c4c(N)ncnc43)CC2)CC1. The lowest BCUT2D eigenvalue weighted by Gasteiger charge is -2.41. The van der Waals surface area contributed by atoms with Crippen LogP contribution in [0.4, 0.5) is 5.82 Å². The Bertz CT molecular complexity index is 1690. The number of nitrogens with one attached hydrogen (secondary N) is 1. The fourth-order valence-electron chi connectivity index (χ4n) is 6.60. The van der Waals surface area contributed by atoms with Gasteiger partial charge in [-0.05, 0) is 43.4 Å². The first-order valence-corrected chi connectivity index (χ1v) is 14.5. The Morgan fingerprint density at radius 2 is 1.73 bits per heavy atom. The molecule has 0 radical (unpaired) electrons. The molecular formula is C31H35N9O. The van der Waals surface area contributed by atoms with Crippen molar-refractivity contribution in [2.24, 2.45) is 0 Å². The molecule has 2 aromatic carbocycles. The van der Waals surface area contributed by atoms with Crippen molar-refractivity contribution in [2.45, 2.75) is 51.1 Å². The average molecular weight is 550 g/mol. The molecule has 1 aliphatic carbocycles. The number of fused-ring (bicyclic) bond motifs is 2. The lowest BCUT2D eigenvalue weighted by atomic mass is 9.90. The average Bonchev–Trinajstić information content (AvgIpc) is 3.59. The second-order valence-electron chi connectivity index (χ2n) is 11.3. The topological polar surface area (TPSA) is 122 Å². The maximum absolute atomic E-state index is 11.7. The summed E-state index contributed by atoms with van der Waals surface area (Å²) in [4.78, 5) is 33.5. The summed E-state index contributed by atoms with van der Waals surface area (Å²) in [5.74, 6) is 1.55. The van der Waals surface area contributed by atoms with Crippen LogP contribution in [0.2, 0.25) is 0 Å². The van der Waals surface area contributed by atoms with Gasteiger partial charge in [-0.25, -0.2) is 19.6 Å². The van der Waals surface area contributed by atoms with Gasteiger partial charge in [0.1, 0.15) is 23.7 Å². The number of aromatic amines is 1. The highest BCUT2D eigenvalue weighted by Gasteiger charge is 2.31. The molecule has 1 amide bonds. The summed E-state index contributed by atoms with van der Waals surface area (Å²) in [5, 5.41) is 5.94. The molecule has 41 heavy (non-hydrogen) atoms. The van der Waals surface area contributed by atoms with E-state index >= 15 is 0 Å². The smallest absolute Gasteiger partial charge is 0.219 e. The normalized spacial score (nSPS) is 20.2. The third kappa shape index (κ3) is 4.93. The van der Waals surface area contributed by atoms with Gasteiger partial charge in [0, 0.05) is 51.1 Å². The number of carbonyl (C=O) groups excluding carboxylic acids is 1. The first-order chi connectivity index (χ1) is 20.0. The van der Waals surface area contributed by atoms with Crippen molar-refractivity contribution in [1.82, 2.24) is 39.5 Å². The second kappa shape index (κ2) is 10.6. The van der Waals surface area contributed by atoms with Crippen LogP contribution < -0.4 is 5.73 Å². The molecule has 7 rings (SSSR count). The predicted octanol–water partition coefficient (Wildman–Crippen LogP) is 4.19. The van der Waals surface area contributed by atoms with Gasteiger partial charge in [-0.1, -0.05) is 36.4 Å². The summed E-state index contributed by atoms with van der Waals surface area (Å²) in [6.45, 7) is 5.23. The highest BCUT2D eigenvalue weighted by atomic mass is 16.2. The number of nitrogen functional groups attached to an aromatic ring is 1. The van der Waals surface area contributed by atoms with Crippen molar-refractivity contribution >= 4 is 33.8 Å². The number of piperazine rings is 1. The molecule has 0 bridgehead atoms. The van der Waals surface area contributed by atoms with Gasteiger partial charge in [0.15, 0.2) is 5.65 Å². The zero-order valence-corrected chi connectivity index (χ0v) is 23.3. The maximum Gasteiger partial charge on any atom is 0.219 e. The molecule has 2 fully saturated rings. The largest absolute Gasteiger partial charge is 0.383 e. The number of rotatable bonds is 5. The Balaban J connectivity index is 1.14. The van der Waals surface area contributed by atoms with E-state index in [0.717, 1.165) is 97.4 Å². The van der Waals surface area contributed by atoms with Gasteiger partial charge >= 0.3 is 0 Å². The number of anilines is 1. The highest BCUT2D eigenvalue weighted by Crippen LogP contribution is 2.37. The molecule has 0 unspecified atom stereocenters. The van der Waals surface area contributed by atoms with Crippen LogP contribution in [-0.4, -0.2) is 77.6 Å². The summed E-state index contributed by atoms with van der Waals surface area (Å²) in [6.07, 6.45) is 6.55. The van der Waals surface area contributed by atoms with Crippen molar-refractivity contribution in [3.63, 3.8) is 0 Å². The maximum atomic E-state index is 11.7. The van der Waals surface area contributed by atoms with E-state index in [1.165, 1.54) is 11.9 Å². The van der Waals surface area contributed by atoms with Crippen LogP contribution in [-0.2, 0) is 11.2 Å². The molecule has 210 valence electrons. The third-order valence-corrected chi connectivity index (χ3v) is 8.82. The summed E-state index contributed by atoms with van der Waals surface area (Å²) in [5.41, 5.74) is 12.1. The molecule has 1 saturated carbocycles. The standard InChI is InChI=1S/C31H35N9O/c1-20(41)38-13-15-39(16-14-38)23-8-10-24(11-9-23)40-31-28(30(32)33-19-34-31)29(37-40)22-7-12-25-26(18-22)36-27(35-25)17-21-5-3-2-4-6-21/h2-7,12,18-19,23-24H,8-11,13-17H2,1H3,(H,35,36)(H2,32,33,34). The molecule has 2 aliphatic rings. The molecule has 0 atom stereocenters. The highest BCUT2D eigenvalue weighted by molar-refractivity contribution is 5.99. The van der Waals surface area contributed by atoms with Gasteiger partial charge in [0.2, 0.25) is 5.91 Å². The minimum absolute atomic E-state index is 0.176. The number of benzene rings is 2. The summed E-state index contributed by atoms with van der Waals surface area (Å²) < 4.78 is 2.09. The lowest BCUT2D eigenvalue weighted by molar-refractivity contribution is -0.131. The Morgan fingerprint density at radius 3 is 2.49 bits per heavy atom. The lowest BCUT2D eigenvalue weighted by Crippen LogP contribution is -2.52. The van der Waals surface area contributed by atoms with Crippen molar-refractivity contribution < 1.29 is 4.79 Å². The van der Waals surface area contributed by atoms with E-state index in [2.05, 4.69) is 48.8 Å². The second-order valence-corrected chi connectivity index (χ2v) is 11.3. The van der Waals surface area contributed by atoms with Gasteiger partial charge in [-0.15, -0.1) is 0 Å². The number of nitrogens with two attached hydrogens (primary N) is 1. The zero-order valence-electron chi connectivity index (χ0n) is 23.3. The van der Waals surface area contributed by atoms with E-state index in [4.69, 9.17) is 15.8 Å². The molecule has 1 aliphatic heterocycles. The van der Waals surface area contributed by atoms with E-state index in [1.54, 1.807) is 6.92 Å². The van der Waals surface area contributed by atoms with Crippen LogP contribution in [0, 0.1) is 0 Å². The van der Waals surface area contributed by atoms with Crippen LogP contribution in [0.25, 0.3) is 33.3 Å². The number of hydrogen-bond acceptors (Lipinski definition) is 7. The molecule has 10 heteroatoms. The van der Waals surface area contributed by atoms with Crippen molar-refractivity contribution in [1.29, 1.82) is 0 Å². The van der Waals surface area contributed by atoms with Gasteiger partial charge in [-0.3, -0.25) is 9.69 Å². The van der Waals surface area contributed by atoms with E-state index in [0.29, 0.717) is 11.9 Å². The molecular weight excluding hydrogens is 514 g/mol. The number of aromatic nitrogens is 6. The summed E-state index contributed by atoms with van der Waals surface area (Å²) in [7, 11) is 0. The van der Waals surface area contributed by atoms with E-state index < -0.39 is 0 Å². The van der Waals surface area contributed by atoms with Crippen LogP contribution in [0.5, 0.6) is 0 Å². The van der Waals surface area contributed by atoms with Crippen molar-refractivity contribution in [3.8, 4) is 11.3 Å². The molecule has 5 aromatic rings. The molecule has 3 N–H and O–H groups in total. The number of hydrogen-bond donors (Lipinski definition) is 2. The van der Waals surface area contributed by atoms with Crippen LogP contribution in [0.3, 0.4) is 0 Å². The quantitative estimate of drug-likeness (QED) is 0.337. The molecule has 10 nitrogen and oxygen atoms in total. The molecule has 0 spiro atoms. The Labute approximate surface area is 238 Å². The van der Waals surface area contributed by atoms with Crippen LogP contribution >= 0.6 is 0 Å². The van der Waals surface area contributed by atoms with E-state index in [9.17, 15) is 4.79 Å². The monoisotopic (exact) mass is 549 g/mol. The molecule has 4 heterocycles. The van der Waals surface area contributed by atoms with Crippen molar-refractivity contribution in [2.75, 3.05) is 31.9 Å². The number of nitrogens with zero attached hydrogens (tertiary/aromatic N) is 7. The van der Waals surface area contributed by atoms with E-state index in [-0.39, 0.29) is 11.9 Å². The van der Waals surface area contributed by atoms with Gasteiger partial charge in [0.05, 0.1) is 22.5 Å². The number of carbonyl (C=O) groups is 1. The number of H-pyrrole nitrogens is 1. The Morgan fingerprint density at radius 1 is 0.976 bits per heavy atom. The van der Waals surface area contributed by atoms with E-state index in [1.807, 2.05) is 29.2 Å². The summed E-state index contributed by atoms with van der Waals surface area (Å²) in [6, 6.07) is 17.4. The Hall–Kier alpha value is -4.31. The van der Waals surface area contributed by atoms with Crippen LogP contribution in [0.1, 0.15) is 50.0 Å². The number of imidazole rings is 1. The first-order valence-electron chi connectivity index (χ1n) is 14.5. The minimum Gasteiger partial charge on any atom is -0.383 e. The number of amides is 1. The fourth-order valence-corrected chi connectivity index (χ4v) is 6.60. The summed E-state index contributed by atoms with van der Waals surface area (Å²) >= 11 is 0. The molecule has 3 aromatic heterocycles. The zero-order chi connectivity index (χ0) is 27.9. The minimum atomic E-state index is 0.176. The van der Waals surface area contributed by atoms with Gasteiger partial charge in [-0.2, -0.15) is 5.10 Å². The van der Waals surface area contributed by atoms with Gasteiger partial charge < -0.3 is 15.6 Å². The fraction of sp³-hybridized carbons (Fsp3) is 0.387. The Kier molecular flexibility index (Phi) is 6.62. The predicted molar refractivity (Wildman–Crippen MR) is 159 cm³/mol.